The zero-order valence-electron chi connectivity index (χ0n) is 10.2. The lowest BCUT2D eigenvalue weighted by Gasteiger charge is -2.09. The van der Waals surface area contributed by atoms with Crippen molar-refractivity contribution < 1.29 is 4.79 Å². The number of Topliss-reactive ketones (excluding diaryl/α,β-unsaturated/α-hetero) is 1. The Morgan fingerprint density at radius 3 is 2.81 bits per heavy atom. The first-order valence-electron chi connectivity index (χ1n) is 6.03. The van der Waals surface area contributed by atoms with Crippen LogP contribution >= 0.6 is 0 Å². The topological polar surface area (TPSA) is 25.2 Å². The van der Waals surface area contributed by atoms with Crippen LogP contribution in [-0.2, 0) is 13.0 Å². The van der Waals surface area contributed by atoms with Gasteiger partial charge in [0.25, 0.3) is 0 Å². The fraction of sp³-hybridized carbons (Fsp3) is 0.615. The fourth-order valence-electron chi connectivity index (χ4n) is 2.28. The Labute approximate surface area is 97.1 Å². The monoisotopic (exact) mass is 220 g/mol. The Balaban J connectivity index is 1.98. The van der Waals surface area contributed by atoms with Crippen LogP contribution in [0.2, 0.25) is 0 Å². The van der Waals surface area contributed by atoms with Gasteiger partial charge in [-0.2, -0.15) is 0 Å². The van der Waals surface area contributed by atoms with Crippen LogP contribution in [0.15, 0.2) is 12.4 Å². The van der Waals surface area contributed by atoms with Gasteiger partial charge in [-0.1, -0.05) is 0 Å². The minimum Gasteiger partial charge on any atom is -0.353 e. The molecule has 2 rings (SSSR count). The quantitative estimate of drug-likeness (QED) is 0.775. The van der Waals surface area contributed by atoms with E-state index in [0.717, 1.165) is 44.3 Å². The van der Waals surface area contributed by atoms with Crippen molar-refractivity contribution in [2.45, 2.75) is 32.2 Å². The molecular formula is C13H20N2O. The largest absolute Gasteiger partial charge is 0.353 e. The first-order chi connectivity index (χ1) is 7.66. The van der Waals surface area contributed by atoms with Crippen LogP contribution in [0.25, 0.3) is 0 Å². The number of ketones is 1. The Bertz CT molecular complexity index is 379. The van der Waals surface area contributed by atoms with Crippen LogP contribution < -0.4 is 0 Å². The van der Waals surface area contributed by atoms with Crippen molar-refractivity contribution in [3.63, 3.8) is 0 Å². The minimum absolute atomic E-state index is 0.326. The first kappa shape index (κ1) is 11.4. The van der Waals surface area contributed by atoms with Crippen LogP contribution in [0.4, 0.5) is 0 Å². The van der Waals surface area contributed by atoms with Gasteiger partial charge in [-0.3, -0.25) is 4.79 Å². The van der Waals surface area contributed by atoms with Crippen LogP contribution in [0.5, 0.6) is 0 Å². The maximum atomic E-state index is 11.7. The molecule has 88 valence electrons. The van der Waals surface area contributed by atoms with E-state index in [4.69, 9.17) is 0 Å². The number of rotatable bonds is 4. The predicted octanol–water partition coefficient (Wildman–Crippen LogP) is 1.96. The highest BCUT2D eigenvalue weighted by atomic mass is 16.1. The average Bonchev–Trinajstić information content (AvgIpc) is 2.61. The highest BCUT2D eigenvalue weighted by Gasteiger charge is 2.18. The third-order valence-corrected chi connectivity index (χ3v) is 3.13. The number of carbonyl (C=O) groups is 1. The second kappa shape index (κ2) is 4.83. The van der Waals surface area contributed by atoms with E-state index in [-0.39, 0.29) is 0 Å². The van der Waals surface area contributed by atoms with E-state index in [1.807, 2.05) is 6.20 Å². The minimum atomic E-state index is 0.326. The summed E-state index contributed by atoms with van der Waals surface area (Å²) in [4.78, 5) is 13.8. The Morgan fingerprint density at radius 2 is 2.12 bits per heavy atom. The molecule has 1 aliphatic rings. The Kier molecular flexibility index (Phi) is 3.44. The van der Waals surface area contributed by atoms with E-state index < -0.39 is 0 Å². The molecule has 0 atom stereocenters. The van der Waals surface area contributed by atoms with Gasteiger partial charge >= 0.3 is 0 Å². The second-order valence-corrected chi connectivity index (χ2v) is 4.87. The molecule has 1 aromatic rings. The third kappa shape index (κ3) is 2.53. The van der Waals surface area contributed by atoms with Gasteiger partial charge in [0.15, 0.2) is 5.78 Å². The SMILES string of the molecule is CN(C)CCCn1cc2c(c1)C(=O)CCC2. The zero-order valence-corrected chi connectivity index (χ0v) is 10.2. The van der Waals surface area contributed by atoms with Gasteiger partial charge in [-0.25, -0.2) is 0 Å². The summed E-state index contributed by atoms with van der Waals surface area (Å²) in [7, 11) is 4.18. The molecule has 1 aromatic heterocycles. The van der Waals surface area contributed by atoms with Crippen molar-refractivity contribution in [1.29, 1.82) is 0 Å². The molecule has 16 heavy (non-hydrogen) atoms. The third-order valence-electron chi connectivity index (χ3n) is 3.13. The number of hydrogen-bond acceptors (Lipinski definition) is 2. The van der Waals surface area contributed by atoms with Gasteiger partial charge in [0.1, 0.15) is 0 Å². The maximum absolute atomic E-state index is 11.7. The molecule has 0 spiro atoms. The number of aromatic nitrogens is 1. The maximum Gasteiger partial charge on any atom is 0.164 e. The smallest absolute Gasteiger partial charge is 0.164 e. The molecule has 0 N–H and O–H groups in total. The summed E-state index contributed by atoms with van der Waals surface area (Å²) in [5.74, 6) is 0.326. The molecule has 1 aliphatic carbocycles. The van der Waals surface area contributed by atoms with Crippen molar-refractivity contribution >= 4 is 5.78 Å². The molecular weight excluding hydrogens is 200 g/mol. The van der Waals surface area contributed by atoms with Crippen LogP contribution in [0.3, 0.4) is 0 Å². The van der Waals surface area contributed by atoms with E-state index in [2.05, 4.69) is 29.8 Å². The molecule has 0 radical (unpaired) electrons. The van der Waals surface area contributed by atoms with E-state index in [9.17, 15) is 4.79 Å². The molecule has 3 heteroatoms. The standard InChI is InChI=1S/C13H20N2O/c1-14(2)7-4-8-15-9-11-5-3-6-13(16)12(11)10-15/h9-10H,3-8H2,1-2H3. The number of fused-ring (bicyclic) bond motifs is 1. The molecule has 0 bridgehead atoms. The molecule has 0 amide bonds. The zero-order chi connectivity index (χ0) is 11.5. The van der Waals surface area contributed by atoms with Gasteiger partial charge in [-0.15, -0.1) is 0 Å². The molecule has 0 aromatic carbocycles. The number of carbonyl (C=O) groups excluding carboxylic acids is 1. The van der Waals surface area contributed by atoms with Crippen molar-refractivity contribution in [1.82, 2.24) is 9.47 Å². The van der Waals surface area contributed by atoms with Gasteiger partial charge in [0, 0.05) is 30.9 Å². The summed E-state index contributed by atoms with van der Waals surface area (Å²) in [6.45, 7) is 2.11. The van der Waals surface area contributed by atoms with Gasteiger partial charge < -0.3 is 9.47 Å². The second-order valence-electron chi connectivity index (χ2n) is 4.87. The molecule has 0 saturated heterocycles. The van der Waals surface area contributed by atoms with E-state index in [1.54, 1.807) is 0 Å². The van der Waals surface area contributed by atoms with Crippen molar-refractivity contribution in [2.75, 3.05) is 20.6 Å². The van der Waals surface area contributed by atoms with Crippen LogP contribution in [-0.4, -0.2) is 35.9 Å². The average molecular weight is 220 g/mol. The highest BCUT2D eigenvalue weighted by molar-refractivity contribution is 5.98. The van der Waals surface area contributed by atoms with Crippen molar-refractivity contribution in [3.05, 3.63) is 23.5 Å². The molecule has 1 heterocycles. The van der Waals surface area contributed by atoms with E-state index >= 15 is 0 Å². The number of aryl methyl sites for hydroxylation is 2. The Hall–Kier alpha value is -1.09. The molecule has 0 saturated carbocycles. The summed E-state index contributed by atoms with van der Waals surface area (Å²) in [5.41, 5.74) is 2.22. The summed E-state index contributed by atoms with van der Waals surface area (Å²) in [5, 5.41) is 0. The lowest BCUT2D eigenvalue weighted by Crippen LogP contribution is -2.14. The molecule has 3 nitrogen and oxygen atoms in total. The summed E-state index contributed by atoms with van der Waals surface area (Å²) in [6.07, 6.45) is 8.15. The predicted molar refractivity (Wildman–Crippen MR) is 64.9 cm³/mol. The summed E-state index contributed by atoms with van der Waals surface area (Å²) < 4.78 is 2.18. The van der Waals surface area contributed by atoms with Gasteiger partial charge in [0.2, 0.25) is 0 Å². The first-order valence-corrected chi connectivity index (χ1v) is 6.03. The number of hydrogen-bond donors (Lipinski definition) is 0. The van der Waals surface area contributed by atoms with Crippen molar-refractivity contribution in [2.24, 2.45) is 0 Å². The summed E-state index contributed by atoms with van der Waals surface area (Å²) in [6, 6.07) is 0. The van der Waals surface area contributed by atoms with E-state index in [1.165, 1.54) is 5.56 Å². The fourth-order valence-corrected chi connectivity index (χ4v) is 2.28. The molecule has 0 unspecified atom stereocenters. The van der Waals surface area contributed by atoms with Crippen LogP contribution in [0.1, 0.15) is 35.2 Å². The lowest BCUT2D eigenvalue weighted by molar-refractivity contribution is 0.0973. The molecule has 0 fully saturated rings. The highest BCUT2D eigenvalue weighted by Crippen LogP contribution is 2.22. The Morgan fingerprint density at radius 1 is 1.31 bits per heavy atom. The molecule has 0 aliphatic heterocycles. The van der Waals surface area contributed by atoms with Gasteiger partial charge in [0.05, 0.1) is 0 Å². The summed E-state index contributed by atoms with van der Waals surface area (Å²) >= 11 is 0. The van der Waals surface area contributed by atoms with Gasteiger partial charge in [-0.05, 0) is 45.5 Å². The normalized spacial score (nSPS) is 15.6. The van der Waals surface area contributed by atoms with Crippen LogP contribution in [0, 0.1) is 0 Å². The van der Waals surface area contributed by atoms with E-state index in [0.29, 0.717) is 5.78 Å². The van der Waals surface area contributed by atoms with Crippen molar-refractivity contribution in [3.8, 4) is 0 Å². The number of nitrogens with zero attached hydrogens (tertiary/aromatic N) is 2. The lowest BCUT2D eigenvalue weighted by atomic mass is 9.95.